The summed E-state index contributed by atoms with van der Waals surface area (Å²) < 4.78 is 41.0. The van der Waals surface area contributed by atoms with Gasteiger partial charge in [0, 0.05) is 12.6 Å². The maximum atomic E-state index is 13.0. The van der Waals surface area contributed by atoms with Crippen molar-refractivity contribution in [3.05, 3.63) is 15.9 Å². The topological polar surface area (TPSA) is 70.7 Å². The van der Waals surface area contributed by atoms with Gasteiger partial charge in [0.1, 0.15) is 6.04 Å². The molecule has 0 saturated heterocycles. The smallest absolute Gasteiger partial charge is 0.362 e. The van der Waals surface area contributed by atoms with E-state index >= 15 is 0 Å². The fourth-order valence-corrected chi connectivity index (χ4v) is 2.47. The minimum absolute atomic E-state index is 0.0853. The Morgan fingerprint density at radius 2 is 2.09 bits per heavy atom. The van der Waals surface area contributed by atoms with Gasteiger partial charge in [-0.1, -0.05) is 0 Å². The molecule has 2 rings (SSSR count). The molecule has 1 aromatic rings. The molecular formula is C12H14BrF3N4O2. The highest BCUT2D eigenvalue weighted by molar-refractivity contribution is 9.10. The predicted molar refractivity (Wildman–Crippen MR) is 75.1 cm³/mol. The minimum atomic E-state index is -5.01. The van der Waals surface area contributed by atoms with Gasteiger partial charge < -0.3 is 5.11 Å². The van der Waals surface area contributed by atoms with E-state index in [1.165, 1.54) is 11.6 Å². The van der Waals surface area contributed by atoms with Crippen molar-refractivity contribution < 1.29 is 23.1 Å². The molecule has 122 valence electrons. The lowest BCUT2D eigenvalue weighted by Gasteiger charge is -2.34. The van der Waals surface area contributed by atoms with Crippen LogP contribution in [-0.2, 0) is 4.79 Å². The molecule has 0 spiro atoms. The lowest BCUT2D eigenvalue weighted by atomic mass is 10.1. The fourth-order valence-electron chi connectivity index (χ4n) is 2.21. The number of alkyl halides is 3. The van der Waals surface area contributed by atoms with Crippen molar-refractivity contribution >= 4 is 28.1 Å². The Hall–Kier alpha value is -1.42. The molecule has 0 fully saturated rings. The quantitative estimate of drug-likeness (QED) is 0.852. The van der Waals surface area contributed by atoms with E-state index in [4.69, 9.17) is 0 Å². The normalized spacial score (nSPS) is 23.2. The second kappa shape index (κ2) is 5.34. The summed E-state index contributed by atoms with van der Waals surface area (Å²) in [5.74, 6) is -0.994. The SMILES string of the molecule is Cc1nn(C(C)C(=O)N2N=CCC2(O)C(F)(F)F)c(C)c1Br. The lowest BCUT2D eigenvalue weighted by molar-refractivity contribution is -0.302. The van der Waals surface area contributed by atoms with Crippen LogP contribution >= 0.6 is 15.9 Å². The third-order valence-corrected chi connectivity index (χ3v) is 4.69. The Kier molecular flexibility index (Phi) is 4.11. The Labute approximate surface area is 132 Å². The maximum Gasteiger partial charge on any atom is 0.438 e. The van der Waals surface area contributed by atoms with Gasteiger partial charge in [-0.2, -0.15) is 28.4 Å². The van der Waals surface area contributed by atoms with Crippen LogP contribution in [0, 0.1) is 13.8 Å². The average Bonchev–Trinajstić information content (AvgIpc) is 2.94. The molecule has 10 heteroatoms. The highest BCUT2D eigenvalue weighted by Gasteiger charge is 2.62. The van der Waals surface area contributed by atoms with Gasteiger partial charge in [-0.15, -0.1) is 0 Å². The lowest BCUT2D eigenvalue weighted by Crippen LogP contribution is -2.57. The molecule has 0 aliphatic carbocycles. The van der Waals surface area contributed by atoms with Crippen LogP contribution in [0.5, 0.6) is 0 Å². The largest absolute Gasteiger partial charge is 0.438 e. The summed E-state index contributed by atoms with van der Waals surface area (Å²) in [6.07, 6.45) is -4.93. The first kappa shape index (κ1) is 16.9. The number of carbonyl (C=O) groups is 1. The standard InChI is InChI=1S/C12H14BrF3N4O2/c1-6-9(13)7(2)19(18-6)8(3)10(21)20-11(22,4-5-17-20)12(14,15)16/h5,8,22H,4H2,1-3H3. The van der Waals surface area contributed by atoms with Crippen LogP contribution in [-0.4, -0.2) is 43.9 Å². The van der Waals surface area contributed by atoms with E-state index < -0.39 is 30.3 Å². The van der Waals surface area contributed by atoms with Crippen LogP contribution in [0.3, 0.4) is 0 Å². The molecule has 2 unspecified atom stereocenters. The monoisotopic (exact) mass is 382 g/mol. The molecule has 0 bridgehead atoms. The summed E-state index contributed by atoms with van der Waals surface area (Å²) in [5.41, 5.74) is -2.11. The van der Waals surface area contributed by atoms with E-state index in [-0.39, 0.29) is 5.01 Å². The third kappa shape index (κ3) is 2.43. The van der Waals surface area contributed by atoms with Crippen molar-refractivity contribution in [2.45, 2.75) is 45.1 Å². The molecule has 22 heavy (non-hydrogen) atoms. The zero-order chi connectivity index (χ0) is 16.9. The number of aryl methyl sites for hydroxylation is 1. The van der Waals surface area contributed by atoms with Crippen molar-refractivity contribution in [3.8, 4) is 0 Å². The van der Waals surface area contributed by atoms with E-state index in [9.17, 15) is 23.1 Å². The fraction of sp³-hybridized carbons (Fsp3) is 0.583. The van der Waals surface area contributed by atoms with E-state index in [0.717, 1.165) is 6.21 Å². The average molecular weight is 383 g/mol. The van der Waals surface area contributed by atoms with Crippen molar-refractivity contribution in [1.82, 2.24) is 14.8 Å². The molecule has 1 N–H and O–H groups in total. The zero-order valence-electron chi connectivity index (χ0n) is 12.0. The van der Waals surface area contributed by atoms with Crippen molar-refractivity contribution in [2.24, 2.45) is 5.10 Å². The molecule has 1 aliphatic rings. The Bertz CT molecular complexity index is 643. The third-order valence-electron chi connectivity index (χ3n) is 3.55. The summed E-state index contributed by atoms with van der Waals surface area (Å²) in [6.45, 7) is 4.78. The summed E-state index contributed by atoms with van der Waals surface area (Å²) >= 11 is 3.29. The van der Waals surface area contributed by atoms with Crippen molar-refractivity contribution in [1.29, 1.82) is 0 Å². The van der Waals surface area contributed by atoms with E-state index in [1.807, 2.05) is 0 Å². The first-order chi connectivity index (χ1) is 10.0. The van der Waals surface area contributed by atoms with Gasteiger partial charge in [0.05, 0.1) is 15.9 Å². The summed E-state index contributed by atoms with van der Waals surface area (Å²) in [5, 5.41) is 17.4. The van der Waals surface area contributed by atoms with Crippen molar-refractivity contribution in [2.75, 3.05) is 0 Å². The van der Waals surface area contributed by atoms with Crippen LogP contribution in [0.25, 0.3) is 0 Å². The number of rotatable bonds is 2. The number of aromatic nitrogens is 2. The molecule has 0 saturated carbocycles. The second-order valence-corrected chi connectivity index (χ2v) is 5.86. The number of nitrogens with zero attached hydrogens (tertiary/aromatic N) is 4. The molecular weight excluding hydrogens is 369 g/mol. The summed E-state index contributed by atoms with van der Waals surface area (Å²) in [4.78, 5) is 12.4. The van der Waals surface area contributed by atoms with Crippen LogP contribution < -0.4 is 0 Å². The van der Waals surface area contributed by atoms with Crippen molar-refractivity contribution in [3.63, 3.8) is 0 Å². The predicted octanol–water partition coefficient (Wildman–Crippen LogP) is 2.29. The first-order valence-electron chi connectivity index (χ1n) is 6.37. The van der Waals surface area contributed by atoms with Crippen LogP contribution in [0.4, 0.5) is 13.2 Å². The molecule has 1 amide bonds. The summed E-state index contributed by atoms with van der Waals surface area (Å²) in [7, 11) is 0. The first-order valence-corrected chi connectivity index (χ1v) is 7.17. The number of hydrogen-bond donors (Lipinski definition) is 1. The molecule has 1 aliphatic heterocycles. The van der Waals surface area contributed by atoms with Gasteiger partial charge in [0.2, 0.25) is 0 Å². The molecule has 1 aromatic heterocycles. The number of hydrogen-bond acceptors (Lipinski definition) is 4. The zero-order valence-corrected chi connectivity index (χ0v) is 13.6. The second-order valence-electron chi connectivity index (χ2n) is 5.07. The van der Waals surface area contributed by atoms with E-state index in [1.54, 1.807) is 13.8 Å². The number of hydrazone groups is 1. The van der Waals surface area contributed by atoms with Gasteiger partial charge in [-0.05, 0) is 36.7 Å². The van der Waals surface area contributed by atoms with Gasteiger partial charge in [0.25, 0.3) is 11.6 Å². The Morgan fingerprint density at radius 3 is 2.55 bits per heavy atom. The number of carbonyl (C=O) groups excluding carboxylic acids is 1. The molecule has 2 atom stereocenters. The van der Waals surface area contributed by atoms with E-state index in [2.05, 4.69) is 26.1 Å². The number of halogens is 4. The summed E-state index contributed by atoms with van der Waals surface area (Å²) in [6, 6.07) is -1.05. The van der Waals surface area contributed by atoms with Crippen LogP contribution in [0.1, 0.15) is 30.8 Å². The van der Waals surface area contributed by atoms with Gasteiger partial charge in [-0.3, -0.25) is 9.48 Å². The van der Waals surface area contributed by atoms with Gasteiger partial charge in [0.15, 0.2) is 0 Å². The Morgan fingerprint density at radius 1 is 1.50 bits per heavy atom. The van der Waals surface area contributed by atoms with E-state index in [0.29, 0.717) is 15.9 Å². The molecule has 0 aromatic carbocycles. The van der Waals surface area contributed by atoms with Gasteiger partial charge >= 0.3 is 6.18 Å². The minimum Gasteiger partial charge on any atom is -0.362 e. The Balaban J connectivity index is 2.35. The highest BCUT2D eigenvalue weighted by atomic mass is 79.9. The number of amides is 1. The molecule has 0 radical (unpaired) electrons. The highest BCUT2D eigenvalue weighted by Crippen LogP contribution is 2.39. The molecule has 6 nitrogen and oxygen atoms in total. The van der Waals surface area contributed by atoms with Crippen LogP contribution in [0.2, 0.25) is 0 Å². The maximum absolute atomic E-state index is 13.0. The number of aliphatic hydroxyl groups is 1. The van der Waals surface area contributed by atoms with Crippen LogP contribution in [0.15, 0.2) is 9.57 Å². The van der Waals surface area contributed by atoms with Gasteiger partial charge in [-0.25, -0.2) is 0 Å². The molecule has 2 heterocycles.